The van der Waals surface area contributed by atoms with Crippen molar-refractivity contribution in [3.05, 3.63) is 59.1 Å². The first-order chi connectivity index (χ1) is 7.29. The zero-order chi connectivity index (χ0) is 10.7. The second kappa shape index (κ2) is 4.47. The largest absolute Gasteiger partial charge is 0.253 e. The maximum atomic E-state index is 7.23. The van der Waals surface area contributed by atoms with Crippen LogP contribution in [0.5, 0.6) is 0 Å². The van der Waals surface area contributed by atoms with E-state index in [1.807, 2.05) is 48.5 Å². The minimum absolute atomic E-state index is 0.334. The molecule has 2 aromatic rings. The van der Waals surface area contributed by atoms with Crippen LogP contribution in [0.3, 0.4) is 0 Å². The van der Waals surface area contributed by atoms with E-state index in [9.17, 15) is 0 Å². The lowest BCUT2D eigenvalue weighted by molar-refractivity contribution is 1.03. The predicted octanol–water partition coefficient (Wildman–Crippen LogP) is 3.79. The summed E-state index contributed by atoms with van der Waals surface area (Å²) in [4.78, 5) is 0. The molecule has 0 aliphatic heterocycles. The van der Waals surface area contributed by atoms with Crippen LogP contribution in [0, 0.1) is 0 Å². The molecule has 0 bridgehead atoms. The van der Waals surface area contributed by atoms with Crippen LogP contribution in [0.1, 0.15) is 5.56 Å². The molecule has 0 aliphatic rings. The highest BCUT2D eigenvalue weighted by atomic mass is 35.5. The Labute approximate surface area is 94.5 Å². The number of rotatable bonds is 2. The van der Waals surface area contributed by atoms with E-state index in [1.165, 1.54) is 0 Å². The Morgan fingerprint density at radius 1 is 0.800 bits per heavy atom. The molecular formula is C13H11ClN. The lowest BCUT2D eigenvalue weighted by atomic mass is 10.0. The van der Waals surface area contributed by atoms with Crippen LogP contribution in [0.25, 0.3) is 11.1 Å². The van der Waals surface area contributed by atoms with Crippen molar-refractivity contribution >= 4 is 11.6 Å². The summed E-state index contributed by atoms with van der Waals surface area (Å²) in [6.07, 6.45) is 0. The first kappa shape index (κ1) is 10.2. The maximum Gasteiger partial charge on any atom is 0.0406 e. The van der Waals surface area contributed by atoms with E-state index in [2.05, 4.69) is 0 Å². The molecule has 2 heteroatoms. The summed E-state index contributed by atoms with van der Waals surface area (Å²) >= 11 is 5.82. The van der Waals surface area contributed by atoms with Gasteiger partial charge >= 0.3 is 0 Å². The van der Waals surface area contributed by atoms with Crippen LogP contribution in [-0.2, 0) is 6.54 Å². The second-order valence-corrected chi connectivity index (χ2v) is 3.82. The van der Waals surface area contributed by atoms with Crippen LogP contribution in [0.15, 0.2) is 48.5 Å². The standard InChI is InChI=1S/C13H11ClN/c14-13-7-5-12(6-8-13)11-3-1-10(9-15)2-4-11/h1-8,15H,9H2. The lowest BCUT2D eigenvalue weighted by Gasteiger charge is -2.02. The first-order valence-corrected chi connectivity index (χ1v) is 5.17. The summed E-state index contributed by atoms with van der Waals surface area (Å²) in [7, 11) is 0. The van der Waals surface area contributed by atoms with Gasteiger partial charge in [-0.3, -0.25) is 5.73 Å². The molecule has 1 nitrogen and oxygen atoms in total. The van der Waals surface area contributed by atoms with Crippen molar-refractivity contribution in [2.24, 2.45) is 0 Å². The first-order valence-electron chi connectivity index (χ1n) is 4.79. The van der Waals surface area contributed by atoms with E-state index in [-0.39, 0.29) is 0 Å². The van der Waals surface area contributed by atoms with Crippen molar-refractivity contribution in [2.45, 2.75) is 6.54 Å². The van der Waals surface area contributed by atoms with Gasteiger partial charge in [0.15, 0.2) is 0 Å². The smallest absolute Gasteiger partial charge is 0.0406 e. The normalized spacial score (nSPS) is 10.3. The molecule has 0 fully saturated rings. The lowest BCUT2D eigenvalue weighted by Crippen LogP contribution is -1.84. The SMILES string of the molecule is [NH]Cc1ccc(-c2ccc(Cl)cc2)cc1. The average Bonchev–Trinajstić information content (AvgIpc) is 2.30. The molecule has 0 saturated heterocycles. The van der Waals surface area contributed by atoms with E-state index in [4.69, 9.17) is 17.3 Å². The summed E-state index contributed by atoms with van der Waals surface area (Å²) in [5.41, 5.74) is 10.6. The Bertz CT molecular complexity index is 431. The van der Waals surface area contributed by atoms with Crippen LogP contribution in [0.2, 0.25) is 5.02 Å². The van der Waals surface area contributed by atoms with E-state index in [1.54, 1.807) is 0 Å². The molecule has 1 N–H and O–H groups in total. The summed E-state index contributed by atoms with van der Waals surface area (Å²) in [6, 6.07) is 15.8. The number of halogens is 1. The third kappa shape index (κ3) is 2.38. The van der Waals surface area contributed by atoms with E-state index < -0.39 is 0 Å². The third-order valence-electron chi connectivity index (χ3n) is 2.34. The van der Waals surface area contributed by atoms with Crippen LogP contribution in [0.4, 0.5) is 0 Å². The van der Waals surface area contributed by atoms with Crippen molar-refractivity contribution in [1.29, 1.82) is 0 Å². The Kier molecular flexibility index (Phi) is 3.05. The summed E-state index contributed by atoms with van der Waals surface area (Å²) in [5.74, 6) is 0. The van der Waals surface area contributed by atoms with Crippen LogP contribution in [-0.4, -0.2) is 0 Å². The fourth-order valence-electron chi connectivity index (χ4n) is 1.46. The van der Waals surface area contributed by atoms with Gasteiger partial charge in [-0.05, 0) is 28.8 Å². The van der Waals surface area contributed by atoms with Gasteiger partial charge in [-0.15, -0.1) is 0 Å². The molecule has 0 saturated carbocycles. The van der Waals surface area contributed by atoms with Crippen molar-refractivity contribution in [1.82, 2.24) is 5.73 Å². The maximum absolute atomic E-state index is 7.23. The molecule has 15 heavy (non-hydrogen) atoms. The van der Waals surface area contributed by atoms with Gasteiger partial charge in [0.25, 0.3) is 0 Å². The zero-order valence-corrected chi connectivity index (χ0v) is 8.96. The minimum atomic E-state index is 0.334. The molecule has 0 aliphatic carbocycles. The van der Waals surface area contributed by atoms with Crippen molar-refractivity contribution in [3.63, 3.8) is 0 Å². The van der Waals surface area contributed by atoms with Crippen molar-refractivity contribution in [2.75, 3.05) is 0 Å². The number of hydrogen-bond donors (Lipinski definition) is 0. The molecule has 0 spiro atoms. The van der Waals surface area contributed by atoms with Crippen LogP contribution < -0.4 is 5.73 Å². The molecule has 0 unspecified atom stereocenters. The molecule has 0 aromatic heterocycles. The van der Waals surface area contributed by atoms with Gasteiger partial charge in [-0.2, -0.15) is 0 Å². The summed E-state index contributed by atoms with van der Waals surface area (Å²) in [5, 5.41) is 0.751. The number of nitrogens with one attached hydrogen (secondary N) is 1. The Hall–Kier alpha value is -1.31. The van der Waals surface area contributed by atoms with Crippen molar-refractivity contribution < 1.29 is 0 Å². The monoisotopic (exact) mass is 216 g/mol. The molecule has 0 amide bonds. The minimum Gasteiger partial charge on any atom is -0.253 e. The van der Waals surface area contributed by atoms with Gasteiger partial charge < -0.3 is 0 Å². The third-order valence-corrected chi connectivity index (χ3v) is 2.59. The zero-order valence-electron chi connectivity index (χ0n) is 8.20. The highest BCUT2D eigenvalue weighted by molar-refractivity contribution is 6.30. The molecule has 2 rings (SSSR count). The predicted molar refractivity (Wildman–Crippen MR) is 63.7 cm³/mol. The van der Waals surface area contributed by atoms with Gasteiger partial charge in [0.1, 0.15) is 0 Å². The van der Waals surface area contributed by atoms with Gasteiger partial charge in [-0.1, -0.05) is 48.0 Å². The van der Waals surface area contributed by atoms with Gasteiger partial charge in [0.05, 0.1) is 0 Å². The van der Waals surface area contributed by atoms with E-state index in [0.717, 1.165) is 21.7 Å². The number of benzene rings is 2. The molecule has 75 valence electrons. The molecule has 0 atom stereocenters. The van der Waals surface area contributed by atoms with Crippen molar-refractivity contribution in [3.8, 4) is 11.1 Å². The molecule has 0 heterocycles. The summed E-state index contributed by atoms with van der Waals surface area (Å²) < 4.78 is 0. The second-order valence-electron chi connectivity index (χ2n) is 3.38. The van der Waals surface area contributed by atoms with Gasteiger partial charge in [0.2, 0.25) is 0 Å². The highest BCUT2D eigenvalue weighted by Crippen LogP contribution is 2.21. The fourth-order valence-corrected chi connectivity index (χ4v) is 1.58. The Morgan fingerprint density at radius 2 is 1.27 bits per heavy atom. The average molecular weight is 217 g/mol. The molecule has 2 aromatic carbocycles. The van der Waals surface area contributed by atoms with E-state index in [0.29, 0.717) is 6.54 Å². The van der Waals surface area contributed by atoms with Gasteiger partial charge in [-0.25, -0.2) is 0 Å². The molecule has 1 radical (unpaired) electrons. The quantitative estimate of drug-likeness (QED) is 0.730. The van der Waals surface area contributed by atoms with E-state index >= 15 is 0 Å². The Morgan fingerprint density at radius 3 is 1.73 bits per heavy atom. The summed E-state index contributed by atoms with van der Waals surface area (Å²) in [6.45, 7) is 0.334. The fraction of sp³-hybridized carbons (Fsp3) is 0.0769. The van der Waals surface area contributed by atoms with Crippen LogP contribution >= 0.6 is 11.6 Å². The Balaban J connectivity index is 2.33. The number of hydrogen-bond acceptors (Lipinski definition) is 0. The van der Waals surface area contributed by atoms with Gasteiger partial charge in [0, 0.05) is 11.6 Å². The molecular weight excluding hydrogens is 206 g/mol. The topological polar surface area (TPSA) is 23.8 Å². The highest BCUT2D eigenvalue weighted by Gasteiger charge is 1.97.